The molecule has 23 heavy (non-hydrogen) atoms. The van der Waals surface area contributed by atoms with E-state index in [1.807, 2.05) is 37.3 Å². The van der Waals surface area contributed by atoms with Gasteiger partial charge in [0.15, 0.2) is 0 Å². The molecule has 3 heteroatoms. The van der Waals surface area contributed by atoms with Crippen LogP contribution in [0.15, 0.2) is 30.3 Å². The zero-order chi connectivity index (χ0) is 16.8. The summed E-state index contributed by atoms with van der Waals surface area (Å²) in [6.07, 6.45) is 3.78. The van der Waals surface area contributed by atoms with Crippen LogP contribution in [0.25, 0.3) is 0 Å². The van der Waals surface area contributed by atoms with E-state index in [4.69, 9.17) is 4.74 Å². The number of benzene rings is 1. The quantitative estimate of drug-likeness (QED) is 0.847. The van der Waals surface area contributed by atoms with Gasteiger partial charge in [0.2, 0.25) is 5.91 Å². The maximum atomic E-state index is 12.2. The van der Waals surface area contributed by atoms with E-state index in [-0.39, 0.29) is 24.7 Å². The molecule has 3 nitrogen and oxygen atoms in total. The molecule has 1 aliphatic carbocycles. The SMILES string of the molecule is CC(NC(=O)CO[C@@H]1C[C@H](C)CC[C@H]1C(C)C)c1ccccc1. The summed E-state index contributed by atoms with van der Waals surface area (Å²) in [6.45, 7) is 8.97. The van der Waals surface area contributed by atoms with Crippen molar-refractivity contribution in [2.75, 3.05) is 6.61 Å². The molecule has 1 N–H and O–H groups in total. The lowest BCUT2D eigenvalue weighted by molar-refractivity contribution is -0.132. The molecule has 1 unspecified atom stereocenters. The van der Waals surface area contributed by atoms with Gasteiger partial charge in [-0.15, -0.1) is 0 Å². The van der Waals surface area contributed by atoms with Gasteiger partial charge in [-0.1, -0.05) is 57.5 Å². The van der Waals surface area contributed by atoms with Gasteiger partial charge in [-0.2, -0.15) is 0 Å². The standard InChI is InChI=1S/C20H31NO2/c1-14(2)18-11-10-15(3)12-19(18)23-13-20(22)21-16(4)17-8-6-5-7-9-17/h5-9,14-16,18-19H,10-13H2,1-4H3,(H,21,22)/t15-,16?,18+,19-/m1/s1. The smallest absolute Gasteiger partial charge is 0.246 e. The van der Waals surface area contributed by atoms with Gasteiger partial charge in [0.1, 0.15) is 6.61 Å². The van der Waals surface area contributed by atoms with Crippen LogP contribution in [0.1, 0.15) is 58.6 Å². The summed E-state index contributed by atoms with van der Waals surface area (Å²) < 4.78 is 6.01. The van der Waals surface area contributed by atoms with Crippen LogP contribution < -0.4 is 5.32 Å². The molecule has 1 aliphatic rings. The van der Waals surface area contributed by atoms with Gasteiger partial charge in [0.25, 0.3) is 0 Å². The van der Waals surface area contributed by atoms with Gasteiger partial charge in [0.05, 0.1) is 12.1 Å². The lowest BCUT2D eigenvalue weighted by Crippen LogP contribution is -2.38. The Morgan fingerprint density at radius 1 is 1.22 bits per heavy atom. The Bertz CT molecular complexity index is 486. The monoisotopic (exact) mass is 317 g/mol. The minimum Gasteiger partial charge on any atom is -0.368 e. The highest BCUT2D eigenvalue weighted by Crippen LogP contribution is 2.35. The van der Waals surface area contributed by atoms with Gasteiger partial charge >= 0.3 is 0 Å². The fraction of sp³-hybridized carbons (Fsp3) is 0.650. The van der Waals surface area contributed by atoms with Crippen LogP contribution in [0.2, 0.25) is 0 Å². The Morgan fingerprint density at radius 3 is 2.57 bits per heavy atom. The molecule has 0 radical (unpaired) electrons. The molecule has 0 spiro atoms. The number of ether oxygens (including phenoxy) is 1. The summed E-state index contributed by atoms with van der Waals surface area (Å²) in [5.41, 5.74) is 1.12. The van der Waals surface area contributed by atoms with Crippen molar-refractivity contribution in [3.63, 3.8) is 0 Å². The fourth-order valence-electron chi connectivity index (χ4n) is 3.60. The number of rotatable bonds is 6. The first-order valence-electron chi connectivity index (χ1n) is 8.93. The minimum atomic E-state index is -0.0258. The minimum absolute atomic E-state index is 0.0125. The molecule has 0 bridgehead atoms. The highest BCUT2D eigenvalue weighted by Gasteiger charge is 2.31. The summed E-state index contributed by atoms with van der Waals surface area (Å²) in [5, 5.41) is 3.03. The van der Waals surface area contributed by atoms with E-state index >= 15 is 0 Å². The molecular weight excluding hydrogens is 286 g/mol. The van der Waals surface area contributed by atoms with E-state index < -0.39 is 0 Å². The molecule has 0 saturated heterocycles. The number of nitrogens with one attached hydrogen (secondary N) is 1. The van der Waals surface area contributed by atoms with Crippen molar-refractivity contribution in [1.82, 2.24) is 5.32 Å². The second-order valence-corrected chi connectivity index (χ2v) is 7.38. The molecular formula is C20H31NO2. The van der Waals surface area contributed by atoms with E-state index in [1.54, 1.807) is 0 Å². The molecule has 0 aromatic heterocycles. The van der Waals surface area contributed by atoms with E-state index in [0.29, 0.717) is 17.8 Å². The topological polar surface area (TPSA) is 38.3 Å². The second kappa shape index (κ2) is 8.49. The molecule has 1 fully saturated rings. The van der Waals surface area contributed by atoms with Gasteiger partial charge in [-0.05, 0) is 43.1 Å². The van der Waals surface area contributed by atoms with Gasteiger partial charge < -0.3 is 10.1 Å². The summed E-state index contributed by atoms with van der Waals surface area (Å²) in [6, 6.07) is 10.0. The zero-order valence-corrected chi connectivity index (χ0v) is 14.9. The largest absolute Gasteiger partial charge is 0.368 e. The Morgan fingerprint density at radius 2 is 1.91 bits per heavy atom. The first-order chi connectivity index (χ1) is 11.0. The van der Waals surface area contributed by atoms with Crippen LogP contribution in [-0.4, -0.2) is 18.6 Å². The third-order valence-corrected chi connectivity index (χ3v) is 5.07. The van der Waals surface area contributed by atoms with Crippen LogP contribution in [0, 0.1) is 17.8 Å². The van der Waals surface area contributed by atoms with E-state index in [9.17, 15) is 4.79 Å². The third kappa shape index (κ3) is 5.35. The van der Waals surface area contributed by atoms with Crippen LogP contribution >= 0.6 is 0 Å². The summed E-state index contributed by atoms with van der Waals surface area (Å²) in [5.74, 6) is 1.85. The zero-order valence-electron chi connectivity index (χ0n) is 14.9. The van der Waals surface area contributed by atoms with Crippen LogP contribution in [0.4, 0.5) is 0 Å². The normalized spacial score (nSPS) is 26.0. The summed E-state index contributed by atoms with van der Waals surface area (Å²) in [4.78, 5) is 12.2. The Kier molecular flexibility index (Phi) is 6.64. The molecule has 0 aliphatic heterocycles. The Hall–Kier alpha value is -1.35. The predicted octanol–water partition coefficient (Wildman–Crippen LogP) is 4.34. The molecule has 1 amide bonds. The first kappa shape index (κ1) is 18.0. The fourth-order valence-corrected chi connectivity index (χ4v) is 3.60. The predicted molar refractivity (Wildman–Crippen MR) is 94.1 cm³/mol. The number of carbonyl (C=O) groups excluding carboxylic acids is 1. The maximum absolute atomic E-state index is 12.2. The summed E-state index contributed by atoms with van der Waals surface area (Å²) in [7, 11) is 0. The lowest BCUT2D eigenvalue weighted by atomic mass is 9.75. The Labute approximate surface area is 140 Å². The van der Waals surface area contributed by atoms with Crippen molar-refractivity contribution in [2.45, 2.75) is 59.1 Å². The van der Waals surface area contributed by atoms with Crippen molar-refractivity contribution in [1.29, 1.82) is 0 Å². The van der Waals surface area contributed by atoms with Crippen LogP contribution in [0.5, 0.6) is 0 Å². The van der Waals surface area contributed by atoms with Crippen LogP contribution in [-0.2, 0) is 9.53 Å². The number of hydrogen-bond donors (Lipinski definition) is 1. The lowest BCUT2D eigenvalue weighted by Gasteiger charge is -2.37. The average molecular weight is 317 g/mol. The average Bonchev–Trinajstić information content (AvgIpc) is 2.53. The van der Waals surface area contributed by atoms with Crippen molar-refractivity contribution >= 4 is 5.91 Å². The third-order valence-electron chi connectivity index (χ3n) is 5.07. The van der Waals surface area contributed by atoms with E-state index in [2.05, 4.69) is 26.1 Å². The molecule has 1 aromatic carbocycles. The van der Waals surface area contributed by atoms with Crippen molar-refractivity contribution < 1.29 is 9.53 Å². The highest BCUT2D eigenvalue weighted by atomic mass is 16.5. The molecule has 0 heterocycles. The number of amides is 1. The van der Waals surface area contributed by atoms with Gasteiger partial charge in [-0.25, -0.2) is 0 Å². The molecule has 128 valence electrons. The summed E-state index contributed by atoms with van der Waals surface area (Å²) >= 11 is 0. The number of hydrogen-bond acceptors (Lipinski definition) is 2. The van der Waals surface area contributed by atoms with E-state index in [0.717, 1.165) is 12.0 Å². The van der Waals surface area contributed by atoms with Crippen molar-refractivity contribution in [2.24, 2.45) is 17.8 Å². The van der Waals surface area contributed by atoms with Crippen molar-refractivity contribution in [3.05, 3.63) is 35.9 Å². The molecule has 1 aromatic rings. The van der Waals surface area contributed by atoms with Gasteiger partial charge in [0, 0.05) is 0 Å². The first-order valence-corrected chi connectivity index (χ1v) is 8.93. The second-order valence-electron chi connectivity index (χ2n) is 7.38. The molecule has 1 saturated carbocycles. The highest BCUT2D eigenvalue weighted by molar-refractivity contribution is 5.77. The van der Waals surface area contributed by atoms with E-state index in [1.165, 1.54) is 12.8 Å². The maximum Gasteiger partial charge on any atom is 0.246 e. The molecule has 2 rings (SSSR count). The Balaban J connectivity index is 1.83. The number of carbonyl (C=O) groups is 1. The van der Waals surface area contributed by atoms with Crippen molar-refractivity contribution in [3.8, 4) is 0 Å². The molecule has 4 atom stereocenters. The van der Waals surface area contributed by atoms with Gasteiger partial charge in [-0.3, -0.25) is 4.79 Å². The van der Waals surface area contributed by atoms with Crippen LogP contribution in [0.3, 0.4) is 0 Å².